The highest BCUT2D eigenvalue weighted by molar-refractivity contribution is 5.98. The number of nitriles is 1. The number of amides is 4. The van der Waals surface area contributed by atoms with Gasteiger partial charge >= 0.3 is 5.92 Å². The minimum absolute atomic E-state index is 0.0453. The summed E-state index contributed by atoms with van der Waals surface area (Å²) in [4.78, 5) is 55.9. The van der Waals surface area contributed by atoms with Crippen molar-refractivity contribution in [1.82, 2.24) is 20.4 Å². The second kappa shape index (κ2) is 15.4. The van der Waals surface area contributed by atoms with Gasteiger partial charge in [0.15, 0.2) is 0 Å². The van der Waals surface area contributed by atoms with Gasteiger partial charge < -0.3 is 25.8 Å². The molecule has 47 heavy (non-hydrogen) atoms. The Morgan fingerprint density at radius 1 is 1.02 bits per heavy atom. The van der Waals surface area contributed by atoms with Gasteiger partial charge in [-0.3, -0.25) is 19.2 Å². The van der Waals surface area contributed by atoms with Crippen LogP contribution in [-0.4, -0.2) is 78.7 Å². The Hall–Kier alpha value is -4.44. The highest BCUT2D eigenvalue weighted by Crippen LogP contribution is 2.33. The number of carbonyl (C=O) groups excluding carboxylic acids is 4. The number of halogens is 3. The van der Waals surface area contributed by atoms with Gasteiger partial charge in [0, 0.05) is 44.1 Å². The molecule has 13 heteroatoms. The van der Waals surface area contributed by atoms with E-state index in [9.17, 15) is 19.2 Å². The van der Waals surface area contributed by atoms with Crippen LogP contribution in [0.25, 0.3) is 0 Å². The lowest BCUT2D eigenvalue weighted by atomic mass is 9.91. The van der Waals surface area contributed by atoms with Gasteiger partial charge in [0.25, 0.3) is 5.91 Å². The summed E-state index contributed by atoms with van der Waals surface area (Å²) in [6.45, 7) is 5.74. The van der Waals surface area contributed by atoms with Crippen molar-refractivity contribution >= 4 is 29.3 Å². The zero-order valence-electron chi connectivity index (χ0n) is 26.8. The number of rotatable bonds is 11. The highest BCUT2D eigenvalue weighted by atomic mass is 19.3. The summed E-state index contributed by atoms with van der Waals surface area (Å²) in [7, 11) is 1.96. The van der Waals surface area contributed by atoms with Crippen LogP contribution in [0, 0.1) is 23.1 Å². The van der Waals surface area contributed by atoms with Crippen molar-refractivity contribution < 1.29 is 32.3 Å². The molecule has 3 N–H and O–H groups in total. The number of nitrogens with one attached hydrogen (secondary N) is 3. The van der Waals surface area contributed by atoms with Gasteiger partial charge in [0.05, 0.1) is 17.3 Å². The van der Waals surface area contributed by atoms with E-state index in [-0.39, 0.29) is 29.5 Å². The molecule has 1 heterocycles. The molecule has 2 aromatic rings. The molecule has 0 spiro atoms. The number of hydrogen-bond acceptors (Lipinski definition) is 6. The molecular weight excluding hydrogens is 613 g/mol. The summed E-state index contributed by atoms with van der Waals surface area (Å²) in [5, 5.41) is 16.5. The van der Waals surface area contributed by atoms with E-state index in [0.717, 1.165) is 25.0 Å². The number of carbonyl (C=O) groups is 4. The van der Waals surface area contributed by atoms with Crippen LogP contribution in [-0.2, 0) is 25.1 Å². The summed E-state index contributed by atoms with van der Waals surface area (Å²) >= 11 is 0. The molecule has 2 aliphatic rings. The Morgan fingerprint density at radius 3 is 2.32 bits per heavy atom. The molecule has 2 aromatic carbocycles. The Balaban J connectivity index is 1.51. The van der Waals surface area contributed by atoms with Gasteiger partial charge in [-0.2, -0.15) is 14.0 Å². The van der Waals surface area contributed by atoms with Gasteiger partial charge in [0.2, 0.25) is 17.7 Å². The Labute approximate surface area is 272 Å². The average molecular weight is 655 g/mol. The van der Waals surface area contributed by atoms with Crippen molar-refractivity contribution in [3.05, 3.63) is 65.0 Å². The Kier molecular flexibility index (Phi) is 11.6. The fourth-order valence-electron chi connectivity index (χ4n) is 6.05. The molecule has 1 saturated heterocycles. The SMILES string of the molecule is CCC(=O)N[C@@H](C(=O)N1CCN(C)CC1)[C@@H](C)c1ccc(NC(=O)C(NC(=O)C(F)(F)c2cccc(C#N)c2)C2CCCC2)c(F)c1. The fourth-order valence-corrected chi connectivity index (χ4v) is 6.05. The van der Waals surface area contributed by atoms with Crippen LogP contribution in [0.4, 0.5) is 18.9 Å². The summed E-state index contributed by atoms with van der Waals surface area (Å²) in [5.74, 6) is -9.05. The summed E-state index contributed by atoms with van der Waals surface area (Å²) < 4.78 is 45.9. The molecular formula is C34H41F3N6O4. The van der Waals surface area contributed by atoms with Gasteiger partial charge in [-0.25, -0.2) is 4.39 Å². The Morgan fingerprint density at radius 2 is 1.70 bits per heavy atom. The zero-order valence-corrected chi connectivity index (χ0v) is 26.8. The molecule has 4 amide bonds. The number of nitrogens with zero attached hydrogens (tertiary/aromatic N) is 3. The van der Waals surface area contributed by atoms with Crippen LogP contribution < -0.4 is 16.0 Å². The van der Waals surface area contributed by atoms with Crippen molar-refractivity contribution in [3.8, 4) is 6.07 Å². The number of likely N-dealkylation sites (N-methyl/N-ethyl adjacent to an activating group) is 1. The third-order valence-electron chi connectivity index (χ3n) is 9.08. The molecule has 0 aromatic heterocycles. The molecule has 4 rings (SSSR count). The van der Waals surface area contributed by atoms with Gasteiger partial charge in [-0.15, -0.1) is 0 Å². The van der Waals surface area contributed by atoms with Crippen molar-refractivity contribution in [2.75, 3.05) is 38.5 Å². The van der Waals surface area contributed by atoms with Gasteiger partial charge in [-0.1, -0.05) is 44.9 Å². The molecule has 0 bridgehead atoms. The van der Waals surface area contributed by atoms with E-state index in [1.54, 1.807) is 24.8 Å². The first kappa shape index (κ1) is 35.4. The molecule has 1 aliphatic carbocycles. The number of alkyl halides is 2. The van der Waals surface area contributed by atoms with E-state index < -0.39 is 53.0 Å². The number of hydrogen-bond donors (Lipinski definition) is 3. The summed E-state index contributed by atoms with van der Waals surface area (Å²) in [6.07, 6.45) is 2.68. The topological polar surface area (TPSA) is 135 Å². The number of anilines is 1. The van der Waals surface area contributed by atoms with Gasteiger partial charge in [0.1, 0.15) is 17.9 Å². The van der Waals surface area contributed by atoms with E-state index in [0.29, 0.717) is 44.6 Å². The van der Waals surface area contributed by atoms with Crippen LogP contribution in [0.2, 0.25) is 0 Å². The van der Waals surface area contributed by atoms with Crippen LogP contribution in [0.1, 0.15) is 68.6 Å². The predicted molar refractivity (Wildman–Crippen MR) is 169 cm³/mol. The molecule has 0 radical (unpaired) electrons. The van der Waals surface area contributed by atoms with Crippen LogP contribution >= 0.6 is 0 Å². The van der Waals surface area contributed by atoms with E-state index in [1.807, 2.05) is 7.05 Å². The standard InChI is InChI=1S/C34H41F3N6O4/c1-4-28(44)40-29(32(46)43-16-14-42(3)15-17-43)21(2)24-12-13-27(26(35)19-24)39-31(45)30(23-9-5-6-10-23)41-33(47)34(36,37)25-11-7-8-22(18-25)20-38/h7-8,11-13,18-19,21,23,29-30H,4-6,9-10,14-17H2,1-3H3,(H,39,45)(H,40,44)(H,41,47)/t21-,29+,30?/m0/s1. The van der Waals surface area contributed by atoms with Gasteiger partial charge in [-0.05, 0) is 55.6 Å². The second-order valence-electron chi connectivity index (χ2n) is 12.3. The van der Waals surface area contributed by atoms with Crippen LogP contribution in [0.5, 0.6) is 0 Å². The molecule has 3 atom stereocenters. The van der Waals surface area contributed by atoms with E-state index >= 15 is 13.2 Å². The normalized spacial score (nSPS) is 17.7. The lowest BCUT2D eigenvalue weighted by Gasteiger charge is -2.36. The zero-order chi connectivity index (χ0) is 34.3. The average Bonchev–Trinajstić information content (AvgIpc) is 3.61. The molecule has 252 valence electrons. The predicted octanol–water partition coefficient (Wildman–Crippen LogP) is 3.88. The fraction of sp³-hybridized carbons (Fsp3) is 0.500. The smallest absolute Gasteiger partial charge is 0.344 e. The van der Waals surface area contributed by atoms with E-state index in [1.165, 1.54) is 30.3 Å². The number of piperazine rings is 1. The molecule has 1 aliphatic heterocycles. The van der Waals surface area contributed by atoms with Crippen molar-refractivity contribution in [2.45, 2.75) is 69.9 Å². The first-order chi connectivity index (χ1) is 22.3. The first-order valence-corrected chi connectivity index (χ1v) is 15.9. The van der Waals surface area contributed by atoms with Crippen LogP contribution in [0.15, 0.2) is 42.5 Å². The van der Waals surface area contributed by atoms with E-state index in [2.05, 4.69) is 20.9 Å². The minimum atomic E-state index is -4.03. The largest absolute Gasteiger partial charge is 0.349 e. The minimum Gasteiger partial charge on any atom is -0.344 e. The maximum Gasteiger partial charge on any atom is 0.349 e. The molecule has 10 nitrogen and oxygen atoms in total. The maximum atomic E-state index is 15.5. The molecule has 2 fully saturated rings. The highest BCUT2D eigenvalue weighted by Gasteiger charge is 2.44. The molecule has 1 saturated carbocycles. The first-order valence-electron chi connectivity index (χ1n) is 15.9. The third kappa shape index (κ3) is 8.48. The summed E-state index contributed by atoms with van der Waals surface area (Å²) in [5.41, 5.74) is -0.550. The van der Waals surface area contributed by atoms with Crippen molar-refractivity contribution in [2.24, 2.45) is 5.92 Å². The third-order valence-corrected chi connectivity index (χ3v) is 9.08. The summed E-state index contributed by atoms with van der Waals surface area (Å²) in [6, 6.07) is 7.99. The number of benzene rings is 2. The monoisotopic (exact) mass is 654 g/mol. The van der Waals surface area contributed by atoms with Crippen molar-refractivity contribution in [3.63, 3.8) is 0 Å². The Bertz CT molecular complexity index is 1520. The van der Waals surface area contributed by atoms with Crippen LogP contribution in [0.3, 0.4) is 0 Å². The maximum absolute atomic E-state index is 15.5. The second-order valence-corrected chi connectivity index (χ2v) is 12.3. The molecule has 1 unspecified atom stereocenters. The van der Waals surface area contributed by atoms with Crippen molar-refractivity contribution in [1.29, 1.82) is 5.26 Å². The lowest BCUT2D eigenvalue weighted by Crippen LogP contribution is -2.55. The quantitative estimate of drug-likeness (QED) is 0.337. The van der Waals surface area contributed by atoms with E-state index in [4.69, 9.17) is 5.26 Å². The lowest BCUT2D eigenvalue weighted by molar-refractivity contribution is -0.149.